The summed E-state index contributed by atoms with van der Waals surface area (Å²) < 4.78 is 5.69. The SMILES string of the molecule is Clc1cccc(CSCC2CCCCO2)c1. The maximum atomic E-state index is 5.94. The first-order valence-electron chi connectivity index (χ1n) is 5.78. The molecule has 1 aliphatic heterocycles. The second-order valence-corrected chi connectivity index (χ2v) is 5.60. The first kappa shape index (κ1) is 12.3. The van der Waals surface area contributed by atoms with Crippen molar-refractivity contribution in [1.82, 2.24) is 0 Å². The van der Waals surface area contributed by atoms with Crippen LogP contribution in [0.5, 0.6) is 0 Å². The smallest absolute Gasteiger partial charge is 0.0665 e. The molecule has 0 saturated carbocycles. The third-order valence-electron chi connectivity index (χ3n) is 2.74. The van der Waals surface area contributed by atoms with Gasteiger partial charge in [0.1, 0.15) is 0 Å². The standard InChI is InChI=1S/C13H17ClOS/c14-12-5-3-4-11(8-12)9-16-10-13-6-1-2-7-15-13/h3-5,8,13H,1-2,6-7,9-10H2. The molecule has 0 aromatic heterocycles. The summed E-state index contributed by atoms with van der Waals surface area (Å²) in [6.07, 6.45) is 4.25. The zero-order valence-electron chi connectivity index (χ0n) is 9.32. The molecule has 1 fully saturated rings. The van der Waals surface area contributed by atoms with Crippen LogP contribution in [0, 0.1) is 0 Å². The third-order valence-corrected chi connectivity index (χ3v) is 4.12. The van der Waals surface area contributed by atoms with Gasteiger partial charge in [-0.25, -0.2) is 0 Å². The van der Waals surface area contributed by atoms with E-state index in [-0.39, 0.29) is 0 Å². The summed E-state index contributed by atoms with van der Waals surface area (Å²) in [6, 6.07) is 8.09. The minimum atomic E-state index is 0.470. The summed E-state index contributed by atoms with van der Waals surface area (Å²) in [4.78, 5) is 0. The van der Waals surface area contributed by atoms with Crippen molar-refractivity contribution in [2.75, 3.05) is 12.4 Å². The highest BCUT2D eigenvalue weighted by molar-refractivity contribution is 7.98. The van der Waals surface area contributed by atoms with E-state index in [2.05, 4.69) is 6.07 Å². The van der Waals surface area contributed by atoms with E-state index in [1.54, 1.807) is 0 Å². The van der Waals surface area contributed by atoms with Gasteiger partial charge in [-0.2, -0.15) is 11.8 Å². The highest BCUT2D eigenvalue weighted by Gasteiger charge is 2.13. The summed E-state index contributed by atoms with van der Waals surface area (Å²) in [7, 11) is 0. The molecule has 0 aliphatic carbocycles. The van der Waals surface area contributed by atoms with Crippen molar-refractivity contribution in [3.8, 4) is 0 Å². The van der Waals surface area contributed by atoms with Crippen LogP contribution in [0.2, 0.25) is 5.02 Å². The molecule has 0 bridgehead atoms. The Morgan fingerprint density at radius 2 is 2.31 bits per heavy atom. The van der Waals surface area contributed by atoms with Gasteiger partial charge in [0.2, 0.25) is 0 Å². The Balaban J connectivity index is 1.71. The van der Waals surface area contributed by atoms with Crippen molar-refractivity contribution >= 4 is 23.4 Å². The number of halogens is 1. The van der Waals surface area contributed by atoms with Crippen LogP contribution < -0.4 is 0 Å². The molecule has 3 heteroatoms. The minimum Gasteiger partial charge on any atom is -0.377 e. The second-order valence-electron chi connectivity index (χ2n) is 4.13. The topological polar surface area (TPSA) is 9.23 Å². The van der Waals surface area contributed by atoms with Crippen molar-refractivity contribution in [2.45, 2.75) is 31.1 Å². The Morgan fingerprint density at radius 3 is 3.06 bits per heavy atom. The molecular formula is C13H17ClOS. The summed E-state index contributed by atoms with van der Waals surface area (Å²) in [5.41, 5.74) is 1.30. The molecule has 1 aliphatic rings. The summed E-state index contributed by atoms with van der Waals surface area (Å²) >= 11 is 7.88. The van der Waals surface area contributed by atoms with Gasteiger partial charge in [0.05, 0.1) is 6.10 Å². The van der Waals surface area contributed by atoms with Gasteiger partial charge in [0.25, 0.3) is 0 Å². The van der Waals surface area contributed by atoms with Gasteiger partial charge in [-0.3, -0.25) is 0 Å². The lowest BCUT2D eigenvalue weighted by molar-refractivity contribution is 0.0315. The molecule has 88 valence electrons. The number of rotatable bonds is 4. The van der Waals surface area contributed by atoms with Crippen molar-refractivity contribution in [2.24, 2.45) is 0 Å². The Labute approximate surface area is 107 Å². The van der Waals surface area contributed by atoms with Crippen molar-refractivity contribution in [1.29, 1.82) is 0 Å². The summed E-state index contributed by atoms with van der Waals surface area (Å²) in [6.45, 7) is 0.947. The van der Waals surface area contributed by atoms with E-state index in [1.807, 2.05) is 30.0 Å². The lowest BCUT2D eigenvalue weighted by Gasteiger charge is -2.22. The van der Waals surface area contributed by atoms with E-state index in [1.165, 1.54) is 24.8 Å². The predicted octanol–water partition coefficient (Wildman–Crippen LogP) is 4.14. The molecule has 1 aromatic rings. The van der Waals surface area contributed by atoms with Crippen LogP contribution in [-0.2, 0) is 10.5 Å². The Kier molecular flexibility index (Phi) is 5.01. The highest BCUT2D eigenvalue weighted by atomic mass is 35.5. The molecule has 2 rings (SSSR count). The quantitative estimate of drug-likeness (QED) is 0.801. The third kappa shape index (κ3) is 4.00. The van der Waals surface area contributed by atoms with Crippen LogP contribution in [0.15, 0.2) is 24.3 Å². The molecule has 1 atom stereocenters. The normalized spacial score (nSPS) is 20.9. The van der Waals surface area contributed by atoms with Gasteiger partial charge in [-0.1, -0.05) is 23.7 Å². The van der Waals surface area contributed by atoms with Crippen LogP contribution in [0.4, 0.5) is 0 Å². The van der Waals surface area contributed by atoms with Gasteiger partial charge in [-0.05, 0) is 37.0 Å². The van der Waals surface area contributed by atoms with Crippen LogP contribution in [-0.4, -0.2) is 18.5 Å². The van der Waals surface area contributed by atoms with E-state index in [0.717, 1.165) is 23.1 Å². The van der Waals surface area contributed by atoms with Gasteiger partial charge in [0.15, 0.2) is 0 Å². The molecule has 16 heavy (non-hydrogen) atoms. The second kappa shape index (κ2) is 6.53. The van der Waals surface area contributed by atoms with Crippen LogP contribution in [0.25, 0.3) is 0 Å². The number of hydrogen-bond donors (Lipinski definition) is 0. The van der Waals surface area contributed by atoms with E-state index in [9.17, 15) is 0 Å². The lowest BCUT2D eigenvalue weighted by atomic mass is 10.1. The number of benzene rings is 1. The zero-order valence-corrected chi connectivity index (χ0v) is 10.9. The fourth-order valence-electron chi connectivity index (χ4n) is 1.87. The number of hydrogen-bond acceptors (Lipinski definition) is 2. The molecule has 0 amide bonds. The molecule has 1 nitrogen and oxygen atoms in total. The minimum absolute atomic E-state index is 0.470. The molecule has 0 N–H and O–H groups in total. The van der Waals surface area contributed by atoms with Crippen molar-refractivity contribution in [3.05, 3.63) is 34.9 Å². The molecule has 0 radical (unpaired) electrons. The van der Waals surface area contributed by atoms with Crippen LogP contribution in [0.1, 0.15) is 24.8 Å². The monoisotopic (exact) mass is 256 g/mol. The molecule has 1 aromatic carbocycles. The Hall–Kier alpha value is -0.180. The predicted molar refractivity (Wildman–Crippen MR) is 71.2 cm³/mol. The average molecular weight is 257 g/mol. The van der Waals surface area contributed by atoms with Gasteiger partial charge >= 0.3 is 0 Å². The van der Waals surface area contributed by atoms with E-state index in [0.29, 0.717) is 6.10 Å². The Bertz CT molecular complexity index is 323. The molecule has 1 heterocycles. The fraction of sp³-hybridized carbons (Fsp3) is 0.538. The zero-order chi connectivity index (χ0) is 11.2. The van der Waals surface area contributed by atoms with Crippen LogP contribution >= 0.6 is 23.4 Å². The Morgan fingerprint density at radius 1 is 1.38 bits per heavy atom. The maximum Gasteiger partial charge on any atom is 0.0665 e. The van der Waals surface area contributed by atoms with E-state index < -0.39 is 0 Å². The largest absolute Gasteiger partial charge is 0.377 e. The molecule has 1 unspecified atom stereocenters. The van der Waals surface area contributed by atoms with E-state index in [4.69, 9.17) is 16.3 Å². The van der Waals surface area contributed by atoms with Crippen molar-refractivity contribution in [3.63, 3.8) is 0 Å². The maximum absolute atomic E-state index is 5.94. The lowest BCUT2D eigenvalue weighted by Crippen LogP contribution is -2.21. The number of ether oxygens (including phenoxy) is 1. The van der Waals surface area contributed by atoms with Gasteiger partial charge < -0.3 is 4.74 Å². The molecule has 0 spiro atoms. The van der Waals surface area contributed by atoms with Crippen LogP contribution in [0.3, 0.4) is 0 Å². The molecule has 1 saturated heterocycles. The summed E-state index contributed by atoms with van der Waals surface area (Å²) in [5.74, 6) is 2.13. The fourth-order valence-corrected chi connectivity index (χ4v) is 3.15. The first-order chi connectivity index (χ1) is 7.84. The average Bonchev–Trinajstić information content (AvgIpc) is 2.30. The van der Waals surface area contributed by atoms with Crippen molar-refractivity contribution < 1.29 is 4.74 Å². The highest BCUT2D eigenvalue weighted by Crippen LogP contribution is 2.21. The first-order valence-corrected chi connectivity index (χ1v) is 7.31. The van der Waals surface area contributed by atoms with Gasteiger partial charge in [-0.15, -0.1) is 0 Å². The molecular weight excluding hydrogens is 240 g/mol. The number of thioether (sulfide) groups is 1. The van der Waals surface area contributed by atoms with E-state index >= 15 is 0 Å². The summed E-state index contributed by atoms with van der Waals surface area (Å²) in [5, 5.41) is 0.826. The van der Waals surface area contributed by atoms with Gasteiger partial charge in [0, 0.05) is 23.1 Å².